The molecule has 1 aromatic heterocycles. The molecule has 200 valence electrons. The molecule has 8 nitrogen and oxygen atoms in total. The SMILES string of the molecule is O=C(Nc1ccc(S(=O)(=O)Nc2cccc(Cl)c2Cl)cc1)c1ccc([C@H]2SCC(=O)N2Cc2ccco2)cc1. The molecule has 39 heavy (non-hydrogen) atoms. The van der Waals surface area contributed by atoms with Crippen LogP contribution in [-0.2, 0) is 21.4 Å². The van der Waals surface area contributed by atoms with E-state index in [9.17, 15) is 18.0 Å². The van der Waals surface area contributed by atoms with Crippen molar-refractivity contribution in [2.24, 2.45) is 0 Å². The van der Waals surface area contributed by atoms with Gasteiger partial charge in [0.25, 0.3) is 15.9 Å². The molecule has 1 fully saturated rings. The molecule has 1 aliphatic rings. The van der Waals surface area contributed by atoms with Gasteiger partial charge in [0.2, 0.25) is 5.91 Å². The van der Waals surface area contributed by atoms with Gasteiger partial charge in [-0.25, -0.2) is 8.42 Å². The Bertz CT molecular complexity index is 1610. The van der Waals surface area contributed by atoms with Crippen LogP contribution in [0, 0.1) is 0 Å². The summed E-state index contributed by atoms with van der Waals surface area (Å²) in [7, 11) is -3.93. The molecule has 2 N–H and O–H groups in total. The average molecular weight is 603 g/mol. The molecule has 0 aliphatic carbocycles. The number of rotatable bonds is 8. The summed E-state index contributed by atoms with van der Waals surface area (Å²) in [6.07, 6.45) is 1.58. The summed E-state index contributed by atoms with van der Waals surface area (Å²) in [5.74, 6) is 0.749. The molecule has 3 aromatic carbocycles. The van der Waals surface area contributed by atoms with Crippen molar-refractivity contribution in [1.29, 1.82) is 0 Å². The van der Waals surface area contributed by atoms with Gasteiger partial charge in [-0.2, -0.15) is 0 Å². The van der Waals surface area contributed by atoms with E-state index in [1.165, 1.54) is 42.1 Å². The smallest absolute Gasteiger partial charge is 0.261 e. The van der Waals surface area contributed by atoms with Gasteiger partial charge in [-0.3, -0.25) is 14.3 Å². The fourth-order valence-electron chi connectivity index (χ4n) is 3.98. The Morgan fingerprint density at radius 1 is 1.00 bits per heavy atom. The standard InChI is InChI=1S/C27H21Cl2N3O5S2/c28-22-4-1-5-23(25(22)29)31-39(35,36)21-12-10-19(11-13-21)30-26(34)17-6-8-18(9-7-17)27-32(24(33)16-38-27)15-20-3-2-14-37-20/h1-14,27,31H,15-16H2,(H,30,34)/t27-/m1/s1. The van der Waals surface area contributed by atoms with Crippen molar-refractivity contribution in [3.05, 3.63) is 112 Å². The Hall–Kier alpha value is -3.44. The average Bonchev–Trinajstić information content (AvgIpc) is 3.57. The molecular formula is C27H21Cl2N3O5S2. The molecule has 0 bridgehead atoms. The number of anilines is 2. The number of nitrogens with zero attached hydrogens (tertiary/aromatic N) is 1. The number of benzene rings is 3. The summed E-state index contributed by atoms with van der Waals surface area (Å²) in [6, 6.07) is 21.0. The quantitative estimate of drug-likeness (QED) is 0.241. The van der Waals surface area contributed by atoms with Gasteiger partial charge in [0.1, 0.15) is 11.1 Å². The van der Waals surface area contributed by atoms with Gasteiger partial charge in [-0.05, 0) is 66.2 Å². The van der Waals surface area contributed by atoms with Crippen molar-refractivity contribution in [1.82, 2.24) is 4.90 Å². The zero-order chi connectivity index (χ0) is 27.6. The highest BCUT2D eigenvalue weighted by molar-refractivity contribution is 8.00. The lowest BCUT2D eigenvalue weighted by Gasteiger charge is -2.23. The fourth-order valence-corrected chi connectivity index (χ4v) is 6.64. The molecule has 0 radical (unpaired) electrons. The van der Waals surface area contributed by atoms with Crippen LogP contribution in [0.25, 0.3) is 0 Å². The second-order valence-electron chi connectivity index (χ2n) is 8.57. The molecule has 4 aromatic rings. The van der Waals surface area contributed by atoms with E-state index >= 15 is 0 Å². The predicted octanol–water partition coefficient (Wildman–Crippen LogP) is 6.41. The van der Waals surface area contributed by atoms with Crippen molar-refractivity contribution < 1.29 is 22.4 Å². The molecule has 2 amide bonds. The lowest BCUT2D eigenvalue weighted by Crippen LogP contribution is -2.27. The summed E-state index contributed by atoms with van der Waals surface area (Å²) in [5, 5.41) is 2.91. The third-order valence-corrected chi connectivity index (χ3v) is 9.41. The van der Waals surface area contributed by atoms with E-state index in [4.69, 9.17) is 27.6 Å². The third-order valence-electron chi connectivity index (χ3n) is 5.95. The van der Waals surface area contributed by atoms with Gasteiger partial charge in [0.15, 0.2) is 0 Å². The van der Waals surface area contributed by atoms with Crippen LogP contribution in [0.1, 0.15) is 27.1 Å². The van der Waals surface area contributed by atoms with Crippen LogP contribution in [0.4, 0.5) is 11.4 Å². The second kappa shape index (κ2) is 11.4. The maximum atomic E-state index is 12.8. The van der Waals surface area contributed by atoms with E-state index in [0.29, 0.717) is 29.3 Å². The maximum absolute atomic E-state index is 12.8. The Morgan fingerprint density at radius 3 is 2.44 bits per heavy atom. The normalized spacial score (nSPS) is 15.4. The fraction of sp³-hybridized carbons (Fsp3) is 0.111. The zero-order valence-corrected chi connectivity index (χ0v) is 23.3. The number of hydrogen-bond donors (Lipinski definition) is 2. The van der Waals surface area contributed by atoms with E-state index in [1.54, 1.807) is 41.5 Å². The number of carbonyl (C=O) groups excluding carboxylic acids is 2. The Labute approximate surface area is 239 Å². The summed E-state index contributed by atoms with van der Waals surface area (Å²) >= 11 is 13.6. The van der Waals surface area contributed by atoms with Crippen LogP contribution in [0.5, 0.6) is 0 Å². The predicted molar refractivity (Wildman–Crippen MR) is 153 cm³/mol. The van der Waals surface area contributed by atoms with Crippen molar-refractivity contribution in [3.8, 4) is 0 Å². The number of nitrogens with one attached hydrogen (secondary N) is 2. The highest BCUT2D eigenvalue weighted by Crippen LogP contribution is 2.39. The maximum Gasteiger partial charge on any atom is 0.261 e. The van der Waals surface area contributed by atoms with Gasteiger partial charge >= 0.3 is 0 Å². The molecule has 2 heterocycles. The minimum Gasteiger partial charge on any atom is -0.467 e. The Morgan fingerprint density at radius 2 is 1.74 bits per heavy atom. The summed E-state index contributed by atoms with van der Waals surface area (Å²) in [6.45, 7) is 0.374. The van der Waals surface area contributed by atoms with Crippen molar-refractivity contribution in [3.63, 3.8) is 0 Å². The Kier molecular flexibility index (Phi) is 7.90. The number of carbonyl (C=O) groups is 2. The monoisotopic (exact) mass is 601 g/mol. The first-order valence-corrected chi connectivity index (χ1v) is 14.9. The minimum absolute atomic E-state index is 0.0105. The van der Waals surface area contributed by atoms with Crippen LogP contribution >= 0.6 is 35.0 Å². The first kappa shape index (κ1) is 27.1. The van der Waals surface area contributed by atoms with Gasteiger partial charge in [-0.15, -0.1) is 11.8 Å². The van der Waals surface area contributed by atoms with Gasteiger partial charge < -0.3 is 14.6 Å². The van der Waals surface area contributed by atoms with Gasteiger partial charge in [-0.1, -0.05) is 41.4 Å². The highest BCUT2D eigenvalue weighted by atomic mass is 35.5. The molecule has 5 rings (SSSR count). The lowest BCUT2D eigenvalue weighted by molar-refractivity contribution is -0.128. The first-order valence-electron chi connectivity index (χ1n) is 11.6. The number of furan rings is 1. The number of halogens is 2. The largest absolute Gasteiger partial charge is 0.467 e. The molecule has 1 saturated heterocycles. The van der Waals surface area contributed by atoms with Crippen LogP contribution in [0.3, 0.4) is 0 Å². The molecule has 0 spiro atoms. The molecular weight excluding hydrogens is 581 g/mol. The van der Waals surface area contributed by atoms with Gasteiger partial charge in [0, 0.05) is 11.3 Å². The van der Waals surface area contributed by atoms with Crippen molar-refractivity contribution in [2.45, 2.75) is 16.8 Å². The van der Waals surface area contributed by atoms with Crippen LogP contribution < -0.4 is 10.0 Å². The Balaban J connectivity index is 1.23. The van der Waals surface area contributed by atoms with E-state index in [2.05, 4.69) is 10.0 Å². The first-order chi connectivity index (χ1) is 18.7. The summed E-state index contributed by atoms with van der Waals surface area (Å²) in [4.78, 5) is 27.0. The van der Waals surface area contributed by atoms with E-state index in [1.807, 2.05) is 18.2 Å². The molecule has 12 heteroatoms. The van der Waals surface area contributed by atoms with E-state index < -0.39 is 10.0 Å². The molecule has 1 aliphatic heterocycles. The zero-order valence-electron chi connectivity index (χ0n) is 20.1. The highest BCUT2D eigenvalue weighted by Gasteiger charge is 2.33. The number of amides is 2. The number of thioether (sulfide) groups is 1. The summed E-state index contributed by atoms with van der Waals surface area (Å²) in [5.41, 5.74) is 1.90. The minimum atomic E-state index is -3.93. The van der Waals surface area contributed by atoms with E-state index in [-0.39, 0.29) is 37.8 Å². The number of hydrogen-bond acceptors (Lipinski definition) is 6. The van der Waals surface area contributed by atoms with Crippen molar-refractivity contribution in [2.75, 3.05) is 15.8 Å². The molecule has 1 atom stereocenters. The van der Waals surface area contributed by atoms with Crippen molar-refractivity contribution >= 4 is 68.2 Å². The van der Waals surface area contributed by atoms with Crippen LogP contribution in [-0.4, -0.2) is 30.9 Å². The molecule has 0 unspecified atom stereocenters. The molecule has 0 saturated carbocycles. The lowest BCUT2D eigenvalue weighted by atomic mass is 10.1. The summed E-state index contributed by atoms with van der Waals surface area (Å²) < 4.78 is 33.3. The van der Waals surface area contributed by atoms with Crippen LogP contribution in [0.2, 0.25) is 10.0 Å². The van der Waals surface area contributed by atoms with Gasteiger partial charge in [0.05, 0.1) is 39.2 Å². The number of sulfonamides is 1. The second-order valence-corrected chi connectivity index (χ2v) is 12.1. The van der Waals surface area contributed by atoms with Crippen LogP contribution in [0.15, 0.2) is 94.4 Å². The van der Waals surface area contributed by atoms with E-state index in [0.717, 1.165) is 5.56 Å². The third kappa shape index (κ3) is 6.09. The topological polar surface area (TPSA) is 109 Å².